The minimum absolute atomic E-state index is 0. The summed E-state index contributed by atoms with van der Waals surface area (Å²) in [5.41, 5.74) is 2.62. The van der Waals surface area contributed by atoms with Crippen molar-refractivity contribution < 1.29 is 4.79 Å². The Labute approximate surface area is 178 Å². The van der Waals surface area contributed by atoms with Gasteiger partial charge in [0.05, 0.1) is 6.04 Å². The summed E-state index contributed by atoms with van der Waals surface area (Å²) in [5.74, 6) is -0.0513. The maximum absolute atomic E-state index is 13.3. The Hall–Kier alpha value is -2.63. The van der Waals surface area contributed by atoms with Crippen LogP contribution in [0.4, 0.5) is 5.69 Å². The van der Waals surface area contributed by atoms with Crippen LogP contribution in [0.3, 0.4) is 0 Å². The predicted octanol–water partition coefficient (Wildman–Crippen LogP) is 4.12. The summed E-state index contributed by atoms with van der Waals surface area (Å²) >= 11 is 0. The van der Waals surface area contributed by atoms with Crippen molar-refractivity contribution in [3.63, 3.8) is 0 Å². The zero-order valence-corrected chi connectivity index (χ0v) is 17.2. The van der Waals surface area contributed by atoms with E-state index in [1.54, 1.807) is 0 Å². The van der Waals surface area contributed by atoms with Gasteiger partial charge in [0.15, 0.2) is 5.69 Å². The number of carbonyl (C=O) groups excluding carboxylic acids is 1. The highest BCUT2D eigenvalue weighted by Gasteiger charge is 2.22. The third kappa shape index (κ3) is 5.25. The van der Waals surface area contributed by atoms with Crippen molar-refractivity contribution >= 4 is 24.0 Å². The molecule has 2 aromatic carbocycles. The molecule has 1 aromatic heterocycles. The lowest BCUT2D eigenvalue weighted by Gasteiger charge is -2.24. The number of piperidine rings is 1. The van der Waals surface area contributed by atoms with Crippen LogP contribution in [-0.4, -0.2) is 35.3 Å². The summed E-state index contributed by atoms with van der Waals surface area (Å²) in [6.45, 7) is 2.58. The monoisotopic (exact) mass is 410 g/mol. The highest BCUT2D eigenvalue weighted by molar-refractivity contribution is 6.04. The van der Waals surface area contributed by atoms with E-state index in [0.29, 0.717) is 18.3 Å². The number of rotatable bonds is 6. The fraction of sp³-hybridized carbons (Fsp3) is 0.304. The van der Waals surface area contributed by atoms with Crippen molar-refractivity contribution in [3.8, 4) is 0 Å². The summed E-state index contributed by atoms with van der Waals surface area (Å²) in [4.78, 5) is 15.1. The third-order valence-corrected chi connectivity index (χ3v) is 5.25. The first-order valence-electron chi connectivity index (χ1n) is 9.98. The van der Waals surface area contributed by atoms with E-state index < -0.39 is 0 Å². The Bertz CT molecular complexity index is 892. The second-order valence-electron chi connectivity index (χ2n) is 7.21. The van der Waals surface area contributed by atoms with Crippen LogP contribution in [0.1, 0.15) is 34.9 Å². The molecule has 1 unspecified atom stereocenters. The van der Waals surface area contributed by atoms with Gasteiger partial charge in [-0.05, 0) is 49.6 Å². The first kappa shape index (κ1) is 21.1. The van der Waals surface area contributed by atoms with Gasteiger partial charge in [-0.15, -0.1) is 12.4 Å². The molecule has 1 fully saturated rings. The highest BCUT2D eigenvalue weighted by Crippen LogP contribution is 2.19. The Morgan fingerprint density at radius 3 is 2.48 bits per heavy atom. The quantitative estimate of drug-likeness (QED) is 0.665. The van der Waals surface area contributed by atoms with Gasteiger partial charge in [-0.25, -0.2) is 0 Å². The molecule has 1 aliphatic rings. The van der Waals surface area contributed by atoms with Gasteiger partial charge in [0.25, 0.3) is 5.91 Å². The number of carbonyl (C=O) groups is 1. The van der Waals surface area contributed by atoms with Gasteiger partial charge in [0.1, 0.15) is 0 Å². The van der Waals surface area contributed by atoms with Crippen LogP contribution in [0.2, 0.25) is 0 Å². The summed E-state index contributed by atoms with van der Waals surface area (Å²) < 4.78 is 1.94. The van der Waals surface area contributed by atoms with Crippen LogP contribution in [0.15, 0.2) is 72.9 Å². The van der Waals surface area contributed by atoms with E-state index in [9.17, 15) is 4.79 Å². The van der Waals surface area contributed by atoms with Crippen LogP contribution >= 0.6 is 12.4 Å². The summed E-state index contributed by atoms with van der Waals surface area (Å²) in [6, 6.07) is 22.3. The van der Waals surface area contributed by atoms with E-state index in [4.69, 9.17) is 0 Å². The van der Waals surface area contributed by atoms with Crippen molar-refractivity contribution in [3.05, 3.63) is 84.2 Å². The molecule has 5 nitrogen and oxygen atoms in total. The molecule has 1 atom stereocenters. The lowest BCUT2D eigenvalue weighted by Crippen LogP contribution is -2.34. The molecule has 1 amide bonds. The summed E-state index contributed by atoms with van der Waals surface area (Å²) in [6.07, 6.45) is 4.97. The molecular formula is C23H27ClN4O. The number of amides is 1. The zero-order chi connectivity index (χ0) is 19.2. The summed E-state index contributed by atoms with van der Waals surface area (Å²) in [7, 11) is 0. The largest absolute Gasteiger partial charge is 0.315 e. The number of hydrogen-bond acceptors (Lipinski definition) is 3. The third-order valence-electron chi connectivity index (χ3n) is 5.25. The van der Waals surface area contributed by atoms with Gasteiger partial charge < -0.3 is 10.2 Å². The first-order valence-corrected chi connectivity index (χ1v) is 9.98. The molecule has 1 saturated heterocycles. The molecule has 0 saturated carbocycles. The Balaban J connectivity index is 0.00000240. The number of halogens is 1. The fourth-order valence-electron chi connectivity index (χ4n) is 3.69. The molecule has 6 heteroatoms. The Morgan fingerprint density at radius 1 is 1.07 bits per heavy atom. The minimum Gasteiger partial charge on any atom is -0.315 e. The molecule has 4 rings (SSSR count). The molecule has 1 aliphatic heterocycles. The maximum atomic E-state index is 13.3. The molecule has 152 valence electrons. The van der Waals surface area contributed by atoms with Crippen molar-refractivity contribution in [1.82, 2.24) is 15.1 Å². The number of aromatic nitrogens is 2. The van der Waals surface area contributed by atoms with Gasteiger partial charge in [0, 0.05) is 25.0 Å². The number of nitrogens with one attached hydrogen (secondary N) is 1. The minimum atomic E-state index is -0.0513. The average Bonchev–Trinajstić information content (AvgIpc) is 3.26. The second kappa shape index (κ2) is 10.2. The number of nitrogens with zero attached hydrogens (tertiary/aromatic N) is 3. The molecule has 0 radical (unpaired) electrons. The van der Waals surface area contributed by atoms with E-state index in [0.717, 1.165) is 38.0 Å². The smallest absolute Gasteiger partial charge is 0.278 e. The molecular weight excluding hydrogens is 384 g/mol. The van der Waals surface area contributed by atoms with E-state index in [1.165, 1.54) is 5.56 Å². The van der Waals surface area contributed by atoms with Crippen LogP contribution in [-0.2, 0) is 6.42 Å². The van der Waals surface area contributed by atoms with Crippen LogP contribution in [0.25, 0.3) is 0 Å². The van der Waals surface area contributed by atoms with E-state index in [-0.39, 0.29) is 18.3 Å². The second-order valence-corrected chi connectivity index (χ2v) is 7.21. The lowest BCUT2D eigenvalue weighted by atomic mass is 10.1. The topological polar surface area (TPSA) is 50.2 Å². The normalized spacial score (nSPS) is 16.1. The van der Waals surface area contributed by atoms with Crippen molar-refractivity contribution in [1.29, 1.82) is 0 Å². The molecule has 0 aliphatic carbocycles. The van der Waals surface area contributed by atoms with Crippen molar-refractivity contribution in [2.75, 3.05) is 24.5 Å². The molecule has 2 heterocycles. The zero-order valence-electron chi connectivity index (χ0n) is 16.4. The molecule has 29 heavy (non-hydrogen) atoms. The first-order chi connectivity index (χ1) is 13.8. The molecule has 0 spiro atoms. The lowest BCUT2D eigenvalue weighted by molar-refractivity contribution is 0.0981. The predicted molar refractivity (Wildman–Crippen MR) is 119 cm³/mol. The number of benzene rings is 2. The van der Waals surface area contributed by atoms with Gasteiger partial charge >= 0.3 is 0 Å². The van der Waals surface area contributed by atoms with Gasteiger partial charge in [-0.3, -0.25) is 9.48 Å². The Kier molecular flexibility index (Phi) is 7.44. The van der Waals surface area contributed by atoms with Gasteiger partial charge in [0.2, 0.25) is 0 Å². The number of anilines is 1. The Morgan fingerprint density at radius 2 is 1.79 bits per heavy atom. The highest BCUT2D eigenvalue weighted by atomic mass is 35.5. The van der Waals surface area contributed by atoms with Gasteiger partial charge in [-0.2, -0.15) is 5.10 Å². The number of para-hydroxylation sites is 1. The van der Waals surface area contributed by atoms with Crippen LogP contribution in [0.5, 0.6) is 0 Å². The van der Waals surface area contributed by atoms with Crippen LogP contribution < -0.4 is 10.2 Å². The fourth-order valence-corrected chi connectivity index (χ4v) is 3.69. The molecule has 3 aromatic rings. The van der Waals surface area contributed by atoms with E-state index in [2.05, 4.69) is 22.5 Å². The number of hydrogen-bond donors (Lipinski definition) is 1. The molecule has 1 N–H and O–H groups in total. The molecule has 0 bridgehead atoms. The van der Waals surface area contributed by atoms with E-state index in [1.807, 2.05) is 70.4 Å². The average molecular weight is 411 g/mol. The van der Waals surface area contributed by atoms with Crippen LogP contribution in [0, 0.1) is 0 Å². The SMILES string of the molecule is Cl.O=C(c1ccn(C2CCCNC2)n1)N(CCc1ccccc1)c1ccccc1. The van der Waals surface area contributed by atoms with E-state index >= 15 is 0 Å². The van der Waals surface area contributed by atoms with Crippen molar-refractivity contribution in [2.45, 2.75) is 25.3 Å². The van der Waals surface area contributed by atoms with Crippen molar-refractivity contribution in [2.24, 2.45) is 0 Å². The van der Waals surface area contributed by atoms with Gasteiger partial charge in [-0.1, -0.05) is 48.5 Å². The standard InChI is InChI=1S/C23H26N4O.ClH/c28-23(22-14-17-27(25-22)21-12-7-15-24-18-21)26(20-10-5-2-6-11-20)16-13-19-8-3-1-4-9-19;/h1-6,8-11,14,17,21,24H,7,12-13,15-16,18H2;1H. The summed E-state index contributed by atoms with van der Waals surface area (Å²) in [5, 5.41) is 8.02. The maximum Gasteiger partial charge on any atom is 0.278 e.